The highest BCUT2D eigenvalue weighted by molar-refractivity contribution is 6.14. The molecule has 0 spiro atoms. The fraction of sp³-hybridized carbons (Fsp3) is 0.174. The molecule has 0 aliphatic carbocycles. The third-order valence-electron chi connectivity index (χ3n) is 5.18. The molecule has 6 heteroatoms. The highest BCUT2D eigenvalue weighted by Gasteiger charge is 2.27. The number of pyridine rings is 1. The van der Waals surface area contributed by atoms with E-state index in [9.17, 15) is 4.79 Å². The zero-order valence-electron chi connectivity index (χ0n) is 16.1. The van der Waals surface area contributed by atoms with E-state index in [1.807, 2.05) is 72.3 Å². The number of ether oxygens (including phenoxy) is 1. The van der Waals surface area contributed by atoms with Crippen molar-refractivity contribution in [3.63, 3.8) is 0 Å². The normalized spacial score (nSPS) is 13.2. The van der Waals surface area contributed by atoms with Gasteiger partial charge in [0.05, 0.1) is 35.1 Å². The Kier molecular flexibility index (Phi) is 4.24. The van der Waals surface area contributed by atoms with Gasteiger partial charge in [0.2, 0.25) is 0 Å². The molecular formula is C23H20N4O2. The van der Waals surface area contributed by atoms with Crippen molar-refractivity contribution in [1.82, 2.24) is 14.8 Å². The fourth-order valence-corrected chi connectivity index (χ4v) is 3.74. The van der Waals surface area contributed by atoms with Gasteiger partial charge in [-0.1, -0.05) is 42.5 Å². The van der Waals surface area contributed by atoms with Crippen LogP contribution in [0.1, 0.15) is 17.3 Å². The Labute approximate surface area is 168 Å². The molecule has 144 valence electrons. The number of hydrogen-bond donors (Lipinski definition) is 0. The van der Waals surface area contributed by atoms with E-state index in [1.165, 1.54) is 0 Å². The second-order valence-electron chi connectivity index (χ2n) is 6.89. The summed E-state index contributed by atoms with van der Waals surface area (Å²) < 4.78 is 7.54. The van der Waals surface area contributed by atoms with Crippen LogP contribution in [0, 0.1) is 0 Å². The maximum atomic E-state index is 13.7. The Morgan fingerprint density at radius 3 is 2.72 bits per heavy atom. The predicted molar refractivity (Wildman–Crippen MR) is 112 cm³/mol. The van der Waals surface area contributed by atoms with Gasteiger partial charge in [-0.05, 0) is 25.1 Å². The summed E-state index contributed by atoms with van der Waals surface area (Å²) in [4.78, 5) is 20.3. The first-order valence-electron chi connectivity index (χ1n) is 9.72. The zero-order chi connectivity index (χ0) is 19.8. The largest absolute Gasteiger partial charge is 0.490 e. The van der Waals surface area contributed by atoms with Gasteiger partial charge in [0.1, 0.15) is 12.4 Å². The SMILES string of the molecule is CCn1ncc2c(C(=O)N3CCOc4ccccc43)cc(-c3ccccc3)nc21. The van der Waals surface area contributed by atoms with Crippen LogP contribution in [0.5, 0.6) is 5.75 Å². The molecule has 0 saturated carbocycles. The molecule has 2 aromatic carbocycles. The third-order valence-corrected chi connectivity index (χ3v) is 5.18. The van der Waals surface area contributed by atoms with Crippen LogP contribution in [0.4, 0.5) is 5.69 Å². The molecule has 1 amide bonds. The monoisotopic (exact) mass is 384 g/mol. The molecular weight excluding hydrogens is 364 g/mol. The summed E-state index contributed by atoms with van der Waals surface area (Å²) in [6.45, 7) is 3.67. The molecule has 0 saturated heterocycles. The van der Waals surface area contributed by atoms with Crippen LogP contribution in [-0.4, -0.2) is 33.8 Å². The Balaban J connectivity index is 1.68. The molecule has 6 nitrogen and oxygen atoms in total. The van der Waals surface area contributed by atoms with Gasteiger partial charge in [0, 0.05) is 12.1 Å². The molecule has 0 bridgehead atoms. The van der Waals surface area contributed by atoms with E-state index in [1.54, 1.807) is 11.1 Å². The van der Waals surface area contributed by atoms with Crippen molar-refractivity contribution >= 4 is 22.6 Å². The van der Waals surface area contributed by atoms with E-state index in [4.69, 9.17) is 9.72 Å². The Hall–Kier alpha value is -3.67. The summed E-state index contributed by atoms with van der Waals surface area (Å²) in [5, 5.41) is 5.20. The molecule has 0 fully saturated rings. The summed E-state index contributed by atoms with van der Waals surface area (Å²) in [5.74, 6) is 0.658. The minimum atomic E-state index is -0.0685. The van der Waals surface area contributed by atoms with Gasteiger partial charge in [-0.15, -0.1) is 0 Å². The minimum absolute atomic E-state index is 0.0685. The molecule has 0 N–H and O–H groups in total. The Morgan fingerprint density at radius 2 is 1.90 bits per heavy atom. The summed E-state index contributed by atoms with van der Waals surface area (Å²) in [7, 11) is 0. The highest BCUT2D eigenvalue weighted by Crippen LogP contribution is 2.33. The molecule has 3 heterocycles. The number of anilines is 1. The Morgan fingerprint density at radius 1 is 1.10 bits per heavy atom. The van der Waals surface area contributed by atoms with Crippen molar-refractivity contribution in [2.24, 2.45) is 0 Å². The number of carbonyl (C=O) groups excluding carboxylic acids is 1. The maximum absolute atomic E-state index is 13.7. The van der Waals surface area contributed by atoms with E-state index in [2.05, 4.69) is 5.10 Å². The van der Waals surface area contributed by atoms with Crippen LogP contribution < -0.4 is 9.64 Å². The molecule has 2 aromatic heterocycles. The average molecular weight is 384 g/mol. The van der Waals surface area contributed by atoms with Crippen molar-refractivity contribution < 1.29 is 9.53 Å². The van der Waals surface area contributed by atoms with Crippen LogP contribution in [0.3, 0.4) is 0 Å². The van der Waals surface area contributed by atoms with E-state index in [-0.39, 0.29) is 5.91 Å². The average Bonchev–Trinajstić information content (AvgIpc) is 3.21. The van der Waals surface area contributed by atoms with E-state index in [0.29, 0.717) is 25.3 Å². The van der Waals surface area contributed by atoms with Crippen LogP contribution >= 0.6 is 0 Å². The van der Waals surface area contributed by atoms with Gasteiger partial charge in [-0.25, -0.2) is 9.67 Å². The van der Waals surface area contributed by atoms with E-state index < -0.39 is 0 Å². The van der Waals surface area contributed by atoms with Gasteiger partial charge in [0.15, 0.2) is 5.65 Å². The summed E-state index contributed by atoms with van der Waals surface area (Å²) in [6, 6.07) is 19.4. The lowest BCUT2D eigenvalue weighted by molar-refractivity contribution is 0.0978. The number of rotatable bonds is 3. The van der Waals surface area contributed by atoms with Gasteiger partial charge in [-0.3, -0.25) is 4.79 Å². The first kappa shape index (κ1) is 17.4. The summed E-state index contributed by atoms with van der Waals surface area (Å²) >= 11 is 0. The second-order valence-corrected chi connectivity index (χ2v) is 6.89. The lowest BCUT2D eigenvalue weighted by Crippen LogP contribution is -2.38. The number of fused-ring (bicyclic) bond motifs is 2. The number of benzene rings is 2. The molecule has 0 unspecified atom stereocenters. The van der Waals surface area contributed by atoms with Crippen LogP contribution in [0.15, 0.2) is 66.9 Å². The highest BCUT2D eigenvalue weighted by atomic mass is 16.5. The molecule has 1 aliphatic rings. The third kappa shape index (κ3) is 2.93. The topological polar surface area (TPSA) is 60.2 Å². The van der Waals surface area contributed by atoms with Crippen molar-refractivity contribution in [3.05, 3.63) is 72.4 Å². The number of para-hydroxylation sites is 2. The van der Waals surface area contributed by atoms with Crippen molar-refractivity contribution in [3.8, 4) is 17.0 Å². The molecule has 4 aromatic rings. The molecule has 1 aliphatic heterocycles. The zero-order valence-corrected chi connectivity index (χ0v) is 16.1. The molecule has 5 rings (SSSR count). The smallest absolute Gasteiger partial charge is 0.259 e. The van der Waals surface area contributed by atoms with Gasteiger partial charge < -0.3 is 9.64 Å². The van der Waals surface area contributed by atoms with Gasteiger partial charge in [-0.2, -0.15) is 5.10 Å². The quantitative estimate of drug-likeness (QED) is 0.532. The number of hydrogen-bond acceptors (Lipinski definition) is 4. The maximum Gasteiger partial charge on any atom is 0.259 e. The van der Waals surface area contributed by atoms with Crippen LogP contribution in [0.25, 0.3) is 22.3 Å². The predicted octanol–water partition coefficient (Wildman–Crippen LogP) is 4.16. The number of aromatic nitrogens is 3. The standard InChI is InChI=1S/C23H20N4O2/c1-2-27-22-18(15-24-27)17(14-19(25-22)16-8-4-3-5-9-16)23(28)26-12-13-29-21-11-7-6-10-20(21)26/h3-11,14-15H,2,12-13H2,1H3. The summed E-state index contributed by atoms with van der Waals surface area (Å²) in [6.07, 6.45) is 1.74. The summed E-state index contributed by atoms with van der Waals surface area (Å²) in [5.41, 5.74) is 3.84. The first-order valence-corrected chi connectivity index (χ1v) is 9.72. The first-order chi connectivity index (χ1) is 14.3. The number of amides is 1. The lowest BCUT2D eigenvalue weighted by atomic mass is 10.1. The van der Waals surface area contributed by atoms with Crippen LogP contribution in [0.2, 0.25) is 0 Å². The van der Waals surface area contributed by atoms with Gasteiger partial charge in [0.25, 0.3) is 5.91 Å². The van der Waals surface area contributed by atoms with Gasteiger partial charge >= 0.3 is 0 Å². The van der Waals surface area contributed by atoms with Crippen molar-refractivity contribution in [2.45, 2.75) is 13.5 Å². The van der Waals surface area contributed by atoms with Crippen molar-refractivity contribution in [1.29, 1.82) is 0 Å². The van der Waals surface area contributed by atoms with Crippen LogP contribution in [-0.2, 0) is 6.54 Å². The van der Waals surface area contributed by atoms with E-state index in [0.717, 1.165) is 33.7 Å². The Bertz CT molecular complexity index is 1200. The molecule has 29 heavy (non-hydrogen) atoms. The minimum Gasteiger partial charge on any atom is -0.490 e. The second kappa shape index (κ2) is 7.05. The molecule has 0 radical (unpaired) electrons. The van der Waals surface area contributed by atoms with Crippen molar-refractivity contribution in [2.75, 3.05) is 18.1 Å². The fourth-order valence-electron chi connectivity index (χ4n) is 3.74. The number of aryl methyl sites for hydroxylation is 1. The number of nitrogens with zero attached hydrogens (tertiary/aromatic N) is 4. The van der Waals surface area contributed by atoms with E-state index >= 15 is 0 Å². The number of carbonyl (C=O) groups is 1. The molecule has 0 atom stereocenters. The lowest BCUT2D eigenvalue weighted by Gasteiger charge is -2.29.